The third-order valence-corrected chi connectivity index (χ3v) is 3.42. The predicted octanol–water partition coefficient (Wildman–Crippen LogP) is 3.67. The first-order valence-corrected chi connectivity index (χ1v) is 5.84. The van der Waals surface area contributed by atoms with Gasteiger partial charge in [0.2, 0.25) is 0 Å². The van der Waals surface area contributed by atoms with E-state index >= 15 is 0 Å². The Morgan fingerprint density at radius 3 is 2.27 bits per heavy atom. The summed E-state index contributed by atoms with van der Waals surface area (Å²) in [6, 6.07) is 1.29. The highest BCUT2D eigenvalue weighted by Crippen LogP contribution is 2.26. The maximum atomic E-state index is 12.4. The minimum absolute atomic E-state index is 0.0149. The predicted molar refractivity (Wildman–Crippen MR) is 60.8 cm³/mol. The van der Waals surface area contributed by atoms with Gasteiger partial charge in [-0.3, -0.25) is 0 Å². The lowest BCUT2D eigenvalue weighted by Crippen LogP contribution is -2.34. The van der Waals surface area contributed by atoms with Crippen LogP contribution in [-0.4, -0.2) is 12.5 Å². The Morgan fingerprint density at radius 1 is 1.27 bits per heavy atom. The quantitative estimate of drug-likeness (QED) is 0.836. The summed E-state index contributed by atoms with van der Waals surface area (Å²) in [5.74, 6) is 0. The van der Waals surface area contributed by atoms with Crippen molar-refractivity contribution in [2.45, 2.75) is 46.2 Å². The van der Waals surface area contributed by atoms with Crippen molar-refractivity contribution in [1.82, 2.24) is 5.32 Å². The van der Waals surface area contributed by atoms with Crippen molar-refractivity contribution in [2.24, 2.45) is 0 Å². The van der Waals surface area contributed by atoms with Crippen LogP contribution in [0.2, 0.25) is 0 Å². The molecule has 1 heterocycles. The summed E-state index contributed by atoms with van der Waals surface area (Å²) in [5, 5.41) is 2.91. The van der Waals surface area contributed by atoms with Crippen molar-refractivity contribution in [1.29, 1.82) is 0 Å². The average molecular weight is 233 g/mol. The minimum Gasteiger partial charge on any atom is -0.302 e. The number of alkyl halides is 2. The van der Waals surface area contributed by atoms with Crippen LogP contribution in [0.15, 0.2) is 6.07 Å². The van der Waals surface area contributed by atoms with Gasteiger partial charge in [-0.1, -0.05) is 0 Å². The molecule has 0 bridgehead atoms. The van der Waals surface area contributed by atoms with Gasteiger partial charge in [0.1, 0.15) is 0 Å². The first-order valence-electron chi connectivity index (χ1n) is 5.03. The first-order chi connectivity index (χ1) is 6.91. The Balaban J connectivity index is 2.68. The van der Waals surface area contributed by atoms with Gasteiger partial charge in [0.05, 0.1) is 6.04 Å². The fourth-order valence-corrected chi connectivity index (χ4v) is 2.66. The summed E-state index contributed by atoms with van der Waals surface area (Å²) in [6.45, 7) is 7.49. The van der Waals surface area contributed by atoms with Gasteiger partial charge in [-0.25, -0.2) is 8.78 Å². The van der Waals surface area contributed by atoms with Crippen molar-refractivity contribution >= 4 is 11.3 Å². The van der Waals surface area contributed by atoms with Gasteiger partial charge in [-0.15, -0.1) is 11.3 Å². The highest BCUT2D eigenvalue weighted by molar-refractivity contribution is 7.12. The zero-order valence-corrected chi connectivity index (χ0v) is 10.3. The molecule has 1 rings (SSSR count). The molecule has 86 valence electrons. The van der Waals surface area contributed by atoms with Gasteiger partial charge in [0.25, 0.3) is 6.43 Å². The Labute approximate surface area is 93.5 Å². The normalized spacial score (nSPS) is 15.7. The van der Waals surface area contributed by atoms with Gasteiger partial charge >= 0.3 is 0 Å². The number of nitrogens with one attached hydrogen (secondary N) is 1. The van der Waals surface area contributed by atoms with E-state index in [0.717, 1.165) is 5.56 Å². The topological polar surface area (TPSA) is 12.0 Å². The molecular weight excluding hydrogens is 216 g/mol. The standard InChI is InChI=1S/C11H17F2NS/c1-6-5-10(9(4)15-6)7(2)14-8(3)11(12)13/h5,7-8,11,14H,1-4H3. The van der Waals surface area contributed by atoms with Crippen LogP contribution in [0.4, 0.5) is 8.78 Å². The van der Waals surface area contributed by atoms with Crippen LogP contribution in [-0.2, 0) is 0 Å². The number of halogens is 2. The van der Waals surface area contributed by atoms with Gasteiger partial charge in [-0.05, 0) is 39.3 Å². The number of hydrogen-bond donors (Lipinski definition) is 1. The van der Waals surface area contributed by atoms with Crippen molar-refractivity contribution < 1.29 is 8.78 Å². The van der Waals surface area contributed by atoms with Crippen LogP contribution in [0.3, 0.4) is 0 Å². The van der Waals surface area contributed by atoms with Gasteiger partial charge in [0, 0.05) is 15.8 Å². The third kappa shape index (κ3) is 3.24. The maximum absolute atomic E-state index is 12.4. The number of aryl methyl sites for hydroxylation is 2. The molecule has 0 fully saturated rings. The smallest absolute Gasteiger partial charge is 0.253 e. The molecule has 0 saturated carbocycles. The number of rotatable bonds is 4. The SMILES string of the molecule is Cc1cc(C(C)NC(C)C(F)F)c(C)s1. The summed E-state index contributed by atoms with van der Waals surface area (Å²) >= 11 is 1.71. The van der Waals surface area contributed by atoms with Crippen LogP contribution in [0.5, 0.6) is 0 Å². The van der Waals surface area contributed by atoms with Gasteiger partial charge in [0.15, 0.2) is 0 Å². The van der Waals surface area contributed by atoms with Crippen LogP contribution in [0, 0.1) is 13.8 Å². The molecular formula is C11H17F2NS. The molecule has 0 aliphatic carbocycles. The molecule has 0 aromatic carbocycles. The molecule has 0 amide bonds. The van der Waals surface area contributed by atoms with Crippen molar-refractivity contribution in [3.8, 4) is 0 Å². The molecule has 1 aromatic heterocycles. The highest BCUT2D eigenvalue weighted by atomic mass is 32.1. The number of thiophene rings is 1. The Kier molecular flexibility index (Phi) is 4.22. The zero-order chi connectivity index (χ0) is 11.6. The van der Waals surface area contributed by atoms with Crippen LogP contribution in [0.1, 0.15) is 35.2 Å². The molecule has 0 aliphatic heterocycles. The lowest BCUT2D eigenvalue weighted by molar-refractivity contribution is 0.101. The lowest BCUT2D eigenvalue weighted by atomic mass is 10.1. The summed E-state index contributed by atoms with van der Waals surface area (Å²) in [7, 11) is 0. The first kappa shape index (κ1) is 12.6. The van der Waals surface area contributed by atoms with Gasteiger partial charge in [-0.2, -0.15) is 0 Å². The van der Waals surface area contributed by atoms with Crippen LogP contribution < -0.4 is 5.32 Å². The second-order valence-electron chi connectivity index (χ2n) is 3.88. The molecule has 0 saturated heterocycles. The molecule has 1 aromatic rings. The molecule has 1 nitrogen and oxygen atoms in total. The molecule has 1 N–H and O–H groups in total. The van der Waals surface area contributed by atoms with E-state index in [0.29, 0.717) is 0 Å². The maximum Gasteiger partial charge on any atom is 0.253 e. The van der Waals surface area contributed by atoms with Crippen molar-refractivity contribution in [3.63, 3.8) is 0 Å². The van der Waals surface area contributed by atoms with E-state index in [1.165, 1.54) is 16.7 Å². The molecule has 15 heavy (non-hydrogen) atoms. The highest BCUT2D eigenvalue weighted by Gasteiger charge is 2.19. The van der Waals surface area contributed by atoms with E-state index in [1.807, 2.05) is 20.8 Å². The molecule has 0 aliphatic rings. The van der Waals surface area contributed by atoms with Crippen molar-refractivity contribution in [3.05, 3.63) is 21.4 Å². The minimum atomic E-state index is -2.31. The fraction of sp³-hybridized carbons (Fsp3) is 0.636. The second-order valence-corrected chi connectivity index (χ2v) is 5.34. The summed E-state index contributed by atoms with van der Waals surface area (Å²) in [6.07, 6.45) is -2.31. The van der Waals surface area contributed by atoms with Crippen LogP contribution >= 0.6 is 11.3 Å². The van der Waals surface area contributed by atoms with Gasteiger partial charge < -0.3 is 5.32 Å². The van der Waals surface area contributed by atoms with E-state index in [4.69, 9.17) is 0 Å². The number of hydrogen-bond acceptors (Lipinski definition) is 2. The molecule has 2 unspecified atom stereocenters. The lowest BCUT2D eigenvalue weighted by Gasteiger charge is -2.19. The molecule has 0 radical (unpaired) electrons. The van der Waals surface area contributed by atoms with E-state index in [1.54, 1.807) is 11.3 Å². The molecule has 2 atom stereocenters. The molecule has 0 spiro atoms. The Bertz CT molecular complexity index is 322. The third-order valence-electron chi connectivity index (χ3n) is 2.44. The summed E-state index contributed by atoms with van der Waals surface area (Å²) < 4.78 is 24.7. The second kappa shape index (κ2) is 5.03. The van der Waals surface area contributed by atoms with E-state index in [9.17, 15) is 8.78 Å². The largest absolute Gasteiger partial charge is 0.302 e. The fourth-order valence-electron chi connectivity index (χ4n) is 1.64. The Morgan fingerprint density at radius 2 is 1.87 bits per heavy atom. The Hall–Kier alpha value is -0.480. The van der Waals surface area contributed by atoms with E-state index in [-0.39, 0.29) is 6.04 Å². The summed E-state index contributed by atoms with van der Waals surface area (Å²) in [5.41, 5.74) is 1.13. The summed E-state index contributed by atoms with van der Waals surface area (Å²) in [4.78, 5) is 2.43. The monoisotopic (exact) mass is 233 g/mol. The van der Waals surface area contributed by atoms with E-state index in [2.05, 4.69) is 11.4 Å². The van der Waals surface area contributed by atoms with Crippen LogP contribution in [0.25, 0.3) is 0 Å². The zero-order valence-electron chi connectivity index (χ0n) is 9.47. The van der Waals surface area contributed by atoms with E-state index < -0.39 is 12.5 Å². The molecule has 4 heteroatoms. The average Bonchev–Trinajstić information content (AvgIpc) is 2.44. The van der Waals surface area contributed by atoms with Crippen molar-refractivity contribution in [2.75, 3.05) is 0 Å².